The van der Waals surface area contributed by atoms with Gasteiger partial charge in [0.05, 0.1) is 6.54 Å². The lowest BCUT2D eigenvalue weighted by Gasteiger charge is -2.02. The fourth-order valence-electron chi connectivity index (χ4n) is 1.34. The van der Waals surface area contributed by atoms with Crippen molar-refractivity contribution in [3.05, 3.63) is 41.6 Å². The number of hydrogen-bond acceptors (Lipinski definition) is 2. The highest BCUT2D eigenvalue weighted by atomic mass is 79.9. The lowest BCUT2D eigenvalue weighted by atomic mass is 10.0. The van der Waals surface area contributed by atoms with E-state index in [4.69, 9.17) is 0 Å². The Morgan fingerprint density at radius 3 is 2.69 bits per heavy atom. The fourth-order valence-corrected chi connectivity index (χ4v) is 1.85. The van der Waals surface area contributed by atoms with Crippen molar-refractivity contribution in [2.45, 2.75) is 0 Å². The second kappa shape index (κ2) is 3.34. The topological polar surface area (TPSA) is 29.1 Å². The summed E-state index contributed by atoms with van der Waals surface area (Å²) in [6, 6.07) is 7.58. The molecule has 0 saturated heterocycles. The van der Waals surface area contributed by atoms with Gasteiger partial charge >= 0.3 is 0 Å². The molecule has 0 unspecified atom stereocenters. The maximum absolute atomic E-state index is 11.5. The summed E-state index contributed by atoms with van der Waals surface area (Å²) in [5.41, 5.74) is 1.73. The van der Waals surface area contributed by atoms with Crippen LogP contribution in [0.2, 0.25) is 0 Å². The van der Waals surface area contributed by atoms with E-state index in [2.05, 4.69) is 21.2 Å². The molecule has 1 heterocycles. The summed E-state index contributed by atoms with van der Waals surface area (Å²) in [7, 11) is 0. The molecule has 0 bridgehead atoms. The molecule has 1 aliphatic rings. The van der Waals surface area contributed by atoms with Gasteiger partial charge in [0, 0.05) is 21.8 Å². The number of carbonyl (C=O) groups excluding carboxylic acids is 1. The number of carbonyl (C=O) groups is 1. The first-order valence-electron chi connectivity index (χ1n) is 4.00. The van der Waals surface area contributed by atoms with Crippen LogP contribution in [0.3, 0.4) is 0 Å². The van der Waals surface area contributed by atoms with Gasteiger partial charge in [-0.1, -0.05) is 24.3 Å². The van der Waals surface area contributed by atoms with Crippen molar-refractivity contribution in [3.63, 3.8) is 0 Å². The van der Waals surface area contributed by atoms with Gasteiger partial charge in [0.1, 0.15) is 0 Å². The van der Waals surface area contributed by atoms with Gasteiger partial charge in [-0.05, 0) is 15.9 Å². The van der Waals surface area contributed by atoms with Crippen LogP contribution in [0, 0.1) is 0 Å². The van der Waals surface area contributed by atoms with E-state index in [1.165, 1.54) is 0 Å². The molecule has 13 heavy (non-hydrogen) atoms. The predicted octanol–water partition coefficient (Wildman–Crippen LogP) is 2.17. The lowest BCUT2D eigenvalue weighted by Crippen LogP contribution is -2.16. The van der Waals surface area contributed by atoms with Crippen molar-refractivity contribution >= 4 is 26.2 Å². The lowest BCUT2D eigenvalue weighted by molar-refractivity contribution is 0.0995. The van der Waals surface area contributed by atoms with Gasteiger partial charge in [0.2, 0.25) is 0 Å². The standard InChI is InChI=1S/C10H8BrNO/c11-9-5-12-6-10(13)8-4-2-1-3-7(8)9/h1-5,12H,6H2. The van der Waals surface area contributed by atoms with Crippen LogP contribution in [0.25, 0.3) is 4.48 Å². The molecule has 0 aromatic heterocycles. The molecule has 0 amide bonds. The predicted molar refractivity (Wildman–Crippen MR) is 55.7 cm³/mol. The third kappa shape index (κ3) is 1.52. The van der Waals surface area contributed by atoms with E-state index in [-0.39, 0.29) is 5.78 Å². The van der Waals surface area contributed by atoms with E-state index >= 15 is 0 Å². The number of fused-ring (bicyclic) bond motifs is 1. The minimum atomic E-state index is 0.126. The highest BCUT2D eigenvalue weighted by Gasteiger charge is 2.14. The van der Waals surface area contributed by atoms with E-state index in [0.717, 1.165) is 15.6 Å². The van der Waals surface area contributed by atoms with Gasteiger partial charge in [-0.15, -0.1) is 0 Å². The average Bonchev–Trinajstić information content (AvgIpc) is 2.29. The van der Waals surface area contributed by atoms with E-state index in [0.29, 0.717) is 6.54 Å². The van der Waals surface area contributed by atoms with E-state index in [1.54, 1.807) is 0 Å². The van der Waals surface area contributed by atoms with Crippen LogP contribution < -0.4 is 5.32 Å². The minimum Gasteiger partial charge on any atom is -0.383 e. The highest BCUT2D eigenvalue weighted by molar-refractivity contribution is 9.15. The molecule has 1 aromatic carbocycles. The zero-order chi connectivity index (χ0) is 9.26. The summed E-state index contributed by atoms with van der Waals surface area (Å²) in [6.45, 7) is 0.367. The second-order valence-electron chi connectivity index (χ2n) is 2.84. The number of ketones is 1. The van der Waals surface area contributed by atoms with Crippen LogP contribution in [0.1, 0.15) is 15.9 Å². The third-order valence-electron chi connectivity index (χ3n) is 1.98. The van der Waals surface area contributed by atoms with Crippen LogP contribution in [0.4, 0.5) is 0 Å². The first-order chi connectivity index (χ1) is 6.29. The van der Waals surface area contributed by atoms with Crippen molar-refractivity contribution in [1.82, 2.24) is 5.32 Å². The zero-order valence-corrected chi connectivity index (χ0v) is 8.47. The quantitative estimate of drug-likeness (QED) is 0.750. The number of halogens is 1. The highest BCUT2D eigenvalue weighted by Crippen LogP contribution is 2.25. The molecule has 0 spiro atoms. The molecule has 0 radical (unpaired) electrons. The first-order valence-corrected chi connectivity index (χ1v) is 4.80. The Morgan fingerprint density at radius 1 is 1.23 bits per heavy atom. The Balaban J connectivity index is 2.61. The Kier molecular flexibility index (Phi) is 2.19. The SMILES string of the molecule is O=C1CNC=C(Br)c2ccccc21. The van der Waals surface area contributed by atoms with Crippen LogP contribution in [0.15, 0.2) is 30.5 Å². The summed E-state index contributed by atoms with van der Waals surface area (Å²) in [5.74, 6) is 0.126. The van der Waals surface area contributed by atoms with E-state index in [1.807, 2.05) is 30.5 Å². The minimum absolute atomic E-state index is 0.126. The number of nitrogens with one attached hydrogen (secondary N) is 1. The first kappa shape index (κ1) is 8.51. The van der Waals surface area contributed by atoms with Gasteiger partial charge in [-0.3, -0.25) is 4.79 Å². The third-order valence-corrected chi connectivity index (χ3v) is 2.63. The van der Waals surface area contributed by atoms with Gasteiger partial charge in [-0.2, -0.15) is 0 Å². The summed E-state index contributed by atoms with van der Waals surface area (Å²) in [5, 5.41) is 2.94. The largest absolute Gasteiger partial charge is 0.383 e. The number of benzene rings is 1. The molecule has 3 heteroatoms. The molecule has 0 aliphatic carbocycles. The molecule has 1 aromatic rings. The fraction of sp³-hybridized carbons (Fsp3) is 0.100. The molecule has 66 valence electrons. The van der Waals surface area contributed by atoms with Gasteiger partial charge in [0.25, 0.3) is 0 Å². The molecule has 2 rings (SSSR count). The van der Waals surface area contributed by atoms with Gasteiger partial charge in [0.15, 0.2) is 5.78 Å². The molecule has 0 fully saturated rings. The van der Waals surface area contributed by atoms with Crippen LogP contribution in [0.5, 0.6) is 0 Å². The van der Waals surface area contributed by atoms with Gasteiger partial charge in [-0.25, -0.2) is 0 Å². The van der Waals surface area contributed by atoms with Crippen molar-refractivity contribution in [2.24, 2.45) is 0 Å². The maximum atomic E-state index is 11.5. The van der Waals surface area contributed by atoms with Crippen molar-refractivity contribution in [2.75, 3.05) is 6.54 Å². The van der Waals surface area contributed by atoms with E-state index < -0.39 is 0 Å². The molecule has 0 saturated carbocycles. The van der Waals surface area contributed by atoms with Crippen LogP contribution >= 0.6 is 15.9 Å². The number of rotatable bonds is 0. The average molecular weight is 238 g/mol. The summed E-state index contributed by atoms with van der Waals surface area (Å²) < 4.78 is 0.925. The number of Topliss-reactive ketones (excluding diaryl/α,β-unsaturated/α-hetero) is 1. The zero-order valence-electron chi connectivity index (χ0n) is 6.88. The van der Waals surface area contributed by atoms with Crippen molar-refractivity contribution in [1.29, 1.82) is 0 Å². The Morgan fingerprint density at radius 2 is 1.92 bits per heavy atom. The van der Waals surface area contributed by atoms with Crippen molar-refractivity contribution < 1.29 is 4.79 Å². The molecule has 0 atom stereocenters. The Hall–Kier alpha value is -1.09. The molecular weight excluding hydrogens is 230 g/mol. The molecular formula is C10H8BrNO. The second-order valence-corrected chi connectivity index (χ2v) is 3.70. The molecule has 1 aliphatic heterocycles. The van der Waals surface area contributed by atoms with Crippen molar-refractivity contribution in [3.8, 4) is 0 Å². The molecule has 2 nitrogen and oxygen atoms in total. The van der Waals surface area contributed by atoms with E-state index in [9.17, 15) is 4.79 Å². The monoisotopic (exact) mass is 237 g/mol. The summed E-state index contributed by atoms with van der Waals surface area (Å²) in [6.07, 6.45) is 1.81. The smallest absolute Gasteiger partial charge is 0.182 e. The van der Waals surface area contributed by atoms with Gasteiger partial charge < -0.3 is 5.32 Å². The van der Waals surface area contributed by atoms with Crippen LogP contribution in [-0.4, -0.2) is 12.3 Å². The summed E-state index contributed by atoms with van der Waals surface area (Å²) in [4.78, 5) is 11.5. The Labute approximate surface area is 84.8 Å². The normalized spacial score (nSPS) is 15.5. The summed E-state index contributed by atoms with van der Waals surface area (Å²) >= 11 is 3.41. The van der Waals surface area contributed by atoms with Crippen LogP contribution in [-0.2, 0) is 0 Å². The maximum Gasteiger partial charge on any atom is 0.182 e. The Bertz CT molecular complexity index is 384. The molecule has 1 N–H and O–H groups in total. The number of hydrogen-bond donors (Lipinski definition) is 1.